The van der Waals surface area contributed by atoms with Gasteiger partial charge in [-0.05, 0) is 25.5 Å². The van der Waals surface area contributed by atoms with Gasteiger partial charge >= 0.3 is 5.97 Å². The third-order valence-electron chi connectivity index (χ3n) is 2.67. The maximum absolute atomic E-state index is 11.7. The molecule has 0 radical (unpaired) electrons. The van der Waals surface area contributed by atoms with Gasteiger partial charge in [-0.2, -0.15) is 0 Å². The summed E-state index contributed by atoms with van der Waals surface area (Å²) in [6, 6.07) is 2.81. The quantitative estimate of drug-likeness (QED) is 0.340. The van der Waals surface area contributed by atoms with Crippen LogP contribution in [0.4, 0.5) is 5.69 Å². The summed E-state index contributed by atoms with van der Waals surface area (Å²) < 4.78 is 9.68. The van der Waals surface area contributed by atoms with E-state index >= 15 is 0 Å². The first kappa shape index (κ1) is 15.6. The molecule has 20 heavy (non-hydrogen) atoms. The number of carbonyl (C=O) groups is 2. The van der Waals surface area contributed by atoms with Crippen molar-refractivity contribution in [1.29, 1.82) is 0 Å². The number of nitro benzene ring substituents is 1. The summed E-state index contributed by atoms with van der Waals surface area (Å²) in [5.74, 6) is -1.62. The fraction of sp³-hybridized carbons (Fsp3) is 0.385. The fourth-order valence-electron chi connectivity index (χ4n) is 1.80. The predicted molar refractivity (Wildman–Crippen MR) is 69.7 cm³/mol. The second-order valence-electron chi connectivity index (χ2n) is 3.99. The first-order valence-corrected chi connectivity index (χ1v) is 5.93. The molecule has 7 nitrogen and oxygen atoms in total. The van der Waals surface area contributed by atoms with Gasteiger partial charge in [0, 0.05) is 6.07 Å². The average molecular weight is 281 g/mol. The van der Waals surface area contributed by atoms with Crippen LogP contribution in [-0.2, 0) is 20.7 Å². The van der Waals surface area contributed by atoms with E-state index in [4.69, 9.17) is 4.74 Å². The highest BCUT2D eigenvalue weighted by Gasteiger charge is 2.26. The molecule has 0 amide bonds. The first-order valence-electron chi connectivity index (χ1n) is 5.93. The monoisotopic (exact) mass is 281 g/mol. The molecule has 0 spiro atoms. The molecular formula is C13H15NO6. The molecule has 0 unspecified atom stereocenters. The SMILES string of the molecule is CCOC(=O)C(=O)Cc1c([N+](=O)[O-])ccc(C)c1OC. The number of rotatable bonds is 6. The summed E-state index contributed by atoms with van der Waals surface area (Å²) in [7, 11) is 1.35. The third-order valence-corrected chi connectivity index (χ3v) is 2.67. The fourth-order valence-corrected chi connectivity index (χ4v) is 1.80. The number of aryl methyl sites for hydroxylation is 1. The van der Waals surface area contributed by atoms with E-state index < -0.39 is 23.1 Å². The number of nitro groups is 1. The van der Waals surface area contributed by atoms with Crippen molar-refractivity contribution in [3.63, 3.8) is 0 Å². The number of methoxy groups -OCH3 is 1. The second kappa shape index (κ2) is 6.65. The molecule has 7 heteroatoms. The van der Waals surface area contributed by atoms with E-state index in [-0.39, 0.29) is 23.6 Å². The molecule has 0 aliphatic rings. The number of benzene rings is 1. The summed E-state index contributed by atoms with van der Waals surface area (Å²) in [6.45, 7) is 3.33. The van der Waals surface area contributed by atoms with Crippen molar-refractivity contribution in [3.05, 3.63) is 33.4 Å². The molecule has 0 heterocycles. The molecule has 1 aromatic carbocycles. The Bertz CT molecular complexity index is 552. The van der Waals surface area contributed by atoms with Crippen LogP contribution in [0, 0.1) is 17.0 Å². The number of esters is 1. The number of ether oxygens (including phenoxy) is 2. The van der Waals surface area contributed by atoms with Crippen molar-refractivity contribution in [3.8, 4) is 5.75 Å². The van der Waals surface area contributed by atoms with Gasteiger partial charge in [-0.25, -0.2) is 4.79 Å². The summed E-state index contributed by atoms with van der Waals surface area (Å²) in [6.07, 6.45) is -0.431. The molecule has 0 atom stereocenters. The predicted octanol–water partition coefficient (Wildman–Crippen LogP) is 1.59. The topological polar surface area (TPSA) is 95.7 Å². The number of hydrogen-bond donors (Lipinski definition) is 0. The Morgan fingerprint density at radius 1 is 1.35 bits per heavy atom. The lowest BCUT2D eigenvalue weighted by Crippen LogP contribution is -2.20. The largest absolute Gasteiger partial charge is 0.496 e. The van der Waals surface area contributed by atoms with Gasteiger partial charge in [0.15, 0.2) is 0 Å². The van der Waals surface area contributed by atoms with Crippen molar-refractivity contribution in [2.24, 2.45) is 0 Å². The van der Waals surface area contributed by atoms with E-state index in [1.54, 1.807) is 13.8 Å². The van der Waals surface area contributed by atoms with E-state index in [1.165, 1.54) is 19.2 Å². The lowest BCUT2D eigenvalue weighted by molar-refractivity contribution is -0.385. The van der Waals surface area contributed by atoms with E-state index in [0.29, 0.717) is 5.56 Å². The molecule has 1 aromatic rings. The van der Waals surface area contributed by atoms with Crippen LogP contribution >= 0.6 is 0 Å². The number of carbonyl (C=O) groups excluding carboxylic acids is 2. The summed E-state index contributed by atoms with van der Waals surface area (Å²) in [5.41, 5.74) is 0.463. The van der Waals surface area contributed by atoms with Gasteiger partial charge in [0.1, 0.15) is 5.75 Å². The number of nitrogens with zero attached hydrogens (tertiary/aromatic N) is 1. The van der Waals surface area contributed by atoms with Gasteiger partial charge in [-0.3, -0.25) is 14.9 Å². The van der Waals surface area contributed by atoms with Crippen LogP contribution in [0.15, 0.2) is 12.1 Å². The summed E-state index contributed by atoms with van der Waals surface area (Å²) >= 11 is 0. The van der Waals surface area contributed by atoms with Gasteiger partial charge in [0.05, 0.1) is 30.6 Å². The van der Waals surface area contributed by atoms with E-state index in [1.807, 2.05) is 0 Å². The van der Waals surface area contributed by atoms with Crippen LogP contribution in [0.2, 0.25) is 0 Å². The van der Waals surface area contributed by atoms with E-state index in [0.717, 1.165) is 0 Å². The van der Waals surface area contributed by atoms with Gasteiger partial charge in [-0.1, -0.05) is 0 Å². The van der Waals surface area contributed by atoms with Crippen LogP contribution in [0.25, 0.3) is 0 Å². The highest BCUT2D eigenvalue weighted by atomic mass is 16.6. The average Bonchev–Trinajstić information content (AvgIpc) is 2.38. The first-order chi connectivity index (χ1) is 9.42. The van der Waals surface area contributed by atoms with Crippen molar-refractivity contribution in [2.45, 2.75) is 20.3 Å². The van der Waals surface area contributed by atoms with Gasteiger partial charge in [0.25, 0.3) is 5.69 Å². The van der Waals surface area contributed by atoms with E-state index in [2.05, 4.69) is 4.74 Å². The third kappa shape index (κ3) is 3.31. The van der Waals surface area contributed by atoms with Crippen molar-refractivity contribution < 1.29 is 24.0 Å². The molecule has 0 saturated heterocycles. The maximum atomic E-state index is 11.7. The zero-order chi connectivity index (χ0) is 15.3. The van der Waals surface area contributed by atoms with Crippen molar-refractivity contribution in [2.75, 3.05) is 13.7 Å². The molecule has 1 rings (SSSR count). The van der Waals surface area contributed by atoms with Gasteiger partial charge < -0.3 is 9.47 Å². The Morgan fingerprint density at radius 3 is 2.50 bits per heavy atom. The number of Topliss-reactive ketones (excluding diaryl/α,β-unsaturated/α-hetero) is 1. The molecule has 0 N–H and O–H groups in total. The molecule has 0 aromatic heterocycles. The Morgan fingerprint density at radius 2 is 2.00 bits per heavy atom. The molecular weight excluding hydrogens is 266 g/mol. The van der Waals surface area contributed by atoms with Crippen LogP contribution < -0.4 is 4.74 Å². The molecule has 108 valence electrons. The molecule has 0 saturated carbocycles. The van der Waals surface area contributed by atoms with Crippen LogP contribution in [0.5, 0.6) is 5.75 Å². The standard InChI is InChI=1S/C13H15NO6/c1-4-20-13(16)11(15)7-9-10(14(17)18)6-5-8(2)12(9)19-3/h5-6H,4,7H2,1-3H3. The minimum Gasteiger partial charge on any atom is -0.496 e. The minimum absolute atomic E-state index is 0.0671. The van der Waals surface area contributed by atoms with Crippen LogP contribution in [0.3, 0.4) is 0 Å². The maximum Gasteiger partial charge on any atom is 0.374 e. The van der Waals surface area contributed by atoms with Crippen LogP contribution in [-0.4, -0.2) is 30.4 Å². The lowest BCUT2D eigenvalue weighted by Gasteiger charge is -2.11. The number of ketones is 1. The zero-order valence-electron chi connectivity index (χ0n) is 11.5. The minimum atomic E-state index is -1.01. The lowest BCUT2D eigenvalue weighted by atomic mass is 10.0. The second-order valence-corrected chi connectivity index (χ2v) is 3.99. The van der Waals surface area contributed by atoms with E-state index in [9.17, 15) is 19.7 Å². The highest BCUT2D eigenvalue weighted by molar-refractivity contribution is 6.34. The highest BCUT2D eigenvalue weighted by Crippen LogP contribution is 2.32. The summed E-state index contributed by atoms with van der Waals surface area (Å²) in [5, 5.41) is 11.0. The smallest absolute Gasteiger partial charge is 0.374 e. The molecule has 0 bridgehead atoms. The molecule has 0 aliphatic carbocycles. The van der Waals surface area contributed by atoms with Crippen LogP contribution in [0.1, 0.15) is 18.1 Å². The molecule has 0 fully saturated rings. The van der Waals surface area contributed by atoms with Crippen molar-refractivity contribution >= 4 is 17.4 Å². The Kier molecular flexibility index (Phi) is 5.19. The normalized spacial score (nSPS) is 9.95. The Hall–Kier alpha value is -2.44. The number of hydrogen-bond acceptors (Lipinski definition) is 6. The van der Waals surface area contributed by atoms with Gasteiger partial charge in [0.2, 0.25) is 5.78 Å². The molecule has 0 aliphatic heterocycles. The van der Waals surface area contributed by atoms with Gasteiger partial charge in [-0.15, -0.1) is 0 Å². The Balaban J connectivity index is 3.21. The Labute approximate surface area is 115 Å². The van der Waals surface area contributed by atoms with Crippen molar-refractivity contribution in [1.82, 2.24) is 0 Å². The zero-order valence-corrected chi connectivity index (χ0v) is 11.5. The summed E-state index contributed by atoms with van der Waals surface area (Å²) in [4.78, 5) is 33.4.